The first-order valence-corrected chi connectivity index (χ1v) is 4.88. The van der Waals surface area contributed by atoms with Crippen molar-refractivity contribution in [3.8, 4) is 0 Å². The topological polar surface area (TPSA) is 25.8 Å². The number of halogens is 5. The first kappa shape index (κ1) is 12.0. The van der Waals surface area contributed by atoms with Gasteiger partial charge in [-0.1, -0.05) is 17.7 Å². The van der Waals surface area contributed by atoms with Crippen LogP contribution in [-0.2, 0) is 6.18 Å². The molecule has 2 rings (SSSR count). The van der Waals surface area contributed by atoms with Crippen molar-refractivity contribution in [2.75, 3.05) is 0 Å². The highest BCUT2D eigenvalue weighted by atomic mass is 35.5. The molecule has 7 heteroatoms. The van der Waals surface area contributed by atoms with Crippen LogP contribution in [0.3, 0.4) is 0 Å². The molecule has 2 nitrogen and oxygen atoms in total. The van der Waals surface area contributed by atoms with Gasteiger partial charge < -0.3 is 0 Å². The maximum absolute atomic E-state index is 13.4. The van der Waals surface area contributed by atoms with Crippen LogP contribution >= 0.6 is 11.6 Å². The van der Waals surface area contributed by atoms with Gasteiger partial charge in [0.1, 0.15) is 11.0 Å². The molecule has 1 aromatic carbocycles. The second-order valence-electron chi connectivity index (χ2n) is 3.42. The Morgan fingerprint density at radius 2 is 1.82 bits per heavy atom. The zero-order valence-electron chi connectivity index (χ0n) is 8.44. The van der Waals surface area contributed by atoms with E-state index in [1.165, 1.54) is 13.0 Å². The predicted molar refractivity (Wildman–Crippen MR) is 54.2 cm³/mol. The second-order valence-corrected chi connectivity index (χ2v) is 3.78. The lowest BCUT2D eigenvalue weighted by molar-refractivity contribution is -0.144. The van der Waals surface area contributed by atoms with Gasteiger partial charge in [-0.05, 0) is 18.6 Å². The number of hydrogen-bond acceptors (Lipinski definition) is 2. The molecule has 0 fully saturated rings. The van der Waals surface area contributed by atoms with Crippen LogP contribution in [0.2, 0.25) is 5.15 Å². The molecule has 0 aliphatic rings. The van der Waals surface area contributed by atoms with E-state index in [0.29, 0.717) is 5.56 Å². The average molecular weight is 265 g/mol. The normalized spacial score (nSPS) is 12.1. The molecule has 2 aromatic rings. The van der Waals surface area contributed by atoms with Crippen LogP contribution < -0.4 is 0 Å². The summed E-state index contributed by atoms with van der Waals surface area (Å²) < 4.78 is 50.8. The summed E-state index contributed by atoms with van der Waals surface area (Å²) in [6.07, 6.45) is -4.71. The Bertz CT molecular complexity index is 595. The Kier molecular flexibility index (Phi) is 2.69. The van der Waals surface area contributed by atoms with Crippen molar-refractivity contribution in [3.63, 3.8) is 0 Å². The van der Waals surface area contributed by atoms with Crippen molar-refractivity contribution >= 4 is 22.5 Å². The maximum atomic E-state index is 13.4. The maximum Gasteiger partial charge on any atom is 0.451 e. The fourth-order valence-corrected chi connectivity index (χ4v) is 1.68. The highest BCUT2D eigenvalue weighted by Crippen LogP contribution is 2.32. The summed E-state index contributed by atoms with van der Waals surface area (Å²) in [5, 5.41) is -0.733. The average Bonchev–Trinajstić information content (AvgIpc) is 2.21. The van der Waals surface area contributed by atoms with Crippen LogP contribution in [0.15, 0.2) is 12.1 Å². The Labute approximate surface area is 98.2 Å². The molecule has 17 heavy (non-hydrogen) atoms. The number of hydrogen-bond donors (Lipinski definition) is 0. The summed E-state index contributed by atoms with van der Waals surface area (Å²) in [5.74, 6) is -2.12. The highest BCUT2D eigenvalue weighted by molar-refractivity contribution is 6.34. The number of fused-ring (bicyclic) bond motifs is 1. The van der Waals surface area contributed by atoms with E-state index in [2.05, 4.69) is 9.97 Å². The molecule has 0 bridgehead atoms. The van der Waals surface area contributed by atoms with E-state index >= 15 is 0 Å². The van der Waals surface area contributed by atoms with E-state index < -0.39 is 23.0 Å². The number of benzene rings is 1. The van der Waals surface area contributed by atoms with Crippen LogP contribution in [0.25, 0.3) is 10.9 Å². The van der Waals surface area contributed by atoms with Gasteiger partial charge in [0, 0.05) is 0 Å². The number of rotatable bonds is 0. The second kappa shape index (κ2) is 3.80. The molecule has 1 heterocycles. The summed E-state index contributed by atoms with van der Waals surface area (Å²) in [6, 6.07) is 2.45. The third-order valence-corrected chi connectivity index (χ3v) is 2.48. The lowest BCUT2D eigenvalue weighted by Crippen LogP contribution is -2.12. The van der Waals surface area contributed by atoms with Gasteiger partial charge in [0.15, 0.2) is 0 Å². The highest BCUT2D eigenvalue weighted by Gasteiger charge is 2.35. The van der Waals surface area contributed by atoms with Gasteiger partial charge in [0.2, 0.25) is 5.82 Å². The van der Waals surface area contributed by atoms with Gasteiger partial charge in [0.05, 0.1) is 10.9 Å². The molecular weight excluding hydrogens is 260 g/mol. The van der Waals surface area contributed by atoms with E-state index in [-0.39, 0.29) is 10.9 Å². The fraction of sp³-hybridized carbons (Fsp3) is 0.200. The van der Waals surface area contributed by atoms with Crippen molar-refractivity contribution < 1.29 is 17.6 Å². The fourth-order valence-electron chi connectivity index (χ4n) is 1.42. The molecule has 90 valence electrons. The molecular formula is C10H5ClF4N2. The van der Waals surface area contributed by atoms with E-state index in [1.54, 1.807) is 0 Å². The Morgan fingerprint density at radius 3 is 2.41 bits per heavy atom. The monoisotopic (exact) mass is 264 g/mol. The van der Waals surface area contributed by atoms with Crippen molar-refractivity contribution in [2.24, 2.45) is 0 Å². The molecule has 0 unspecified atom stereocenters. The van der Waals surface area contributed by atoms with Crippen molar-refractivity contribution in [1.82, 2.24) is 9.97 Å². The first-order chi connectivity index (χ1) is 7.80. The molecule has 0 N–H and O–H groups in total. The van der Waals surface area contributed by atoms with Gasteiger partial charge in [-0.25, -0.2) is 14.4 Å². The van der Waals surface area contributed by atoms with E-state index in [1.807, 2.05) is 0 Å². The molecule has 1 aromatic heterocycles. The zero-order chi connectivity index (χ0) is 12.8. The van der Waals surface area contributed by atoms with Crippen molar-refractivity contribution in [3.05, 3.63) is 34.5 Å². The minimum atomic E-state index is -4.71. The molecule has 0 aliphatic carbocycles. The number of aromatic nitrogens is 2. The largest absolute Gasteiger partial charge is 0.451 e. The molecule has 0 saturated heterocycles. The standard InChI is InChI=1S/C10H5ClF4N2/c1-4-2-3-5(12)6-7(4)16-9(10(13,14)15)17-8(6)11/h2-3H,1H3. The van der Waals surface area contributed by atoms with Crippen LogP contribution in [0.1, 0.15) is 11.4 Å². The van der Waals surface area contributed by atoms with E-state index in [0.717, 1.165) is 6.07 Å². The lowest BCUT2D eigenvalue weighted by Gasteiger charge is -2.09. The predicted octanol–water partition coefficient (Wildman–Crippen LogP) is 3.75. The summed E-state index contributed by atoms with van der Waals surface area (Å²) in [6.45, 7) is 1.52. The van der Waals surface area contributed by atoms with Gasteiger partial charge >= 0.3 is 6.18 Å². The van der Waals surface area contributed by atoms with Gasteiger partial charge in [-0.3, -0.25) is 0 Å². The molecule has 0 amide bonds. The Balaban J connectivity index is 2.87. The first-order valence-electron chi connectivity index (χ1n) is 4.50. The van der Waals surface area contributed by atoms with E-state index in [9.17, 15) is 17.6 Å². The van der Waals surface area contributed by atoms with E-state index in [4.69, 9.17) is 11.6 Å². The molecule has 0 saturated carbocycles. The smallest absolute Gasteiger partial charge is 0.224 e. The SMILES string of the molecule is Cc1ccc(F)c2c(Cl)nc(C(F)(F)F)nc12. The van der Waals surface area contributed by atoms with Gasteiger partial charge in [-0.2, -0.15) is 13.2 Å². The molecule has 0 atom stereocenters. The zero-order valence-corrected chi connectivity index (χ0v) is 9.19. The number of alkyl halides is 3. The quantitative estimate of drug-likeness (QED) is 0.535. The van der Waals surface area contributed by atoms with Gasteiger partial charge in [0.25, 0.3) is 0 Å². The Hall–Kier alpha value is -1.43. The summed E-state index contributed by atoms with van der Waals surface area (Å²) in [7, 11) is 0. The molecule has 0 aliphatic heterocycles. The van der Waals surface area contributed by atoms with Crippen LogP contribution in [0.5, 0.6) is 0 Å². The lowest BCUT2D eigenvalue weighted by atomic mass is 10.1. The summed E-state index contributed by atoms with van der Waals surface area (Å²) >= 11 is 5.55. The third kappa shape index (κ3) is 2.04. The van der Waals surface area contributed by atoms with Crippen LogP contribution in [0, 0.1) is 12.7 Å². The summed E-state index contributed by atoms with van der Waals surface area (Å²) in [5.41, 5.74) is 0.272. The molecule has 0 spiro atoms. The number of nitrogens with zero attached hydrogens (tertiary/aromatic N) is 2. The minimum Gasteiger partial charge on any atom is -0.224 e. The Morgan fingerprint density at radius 1 is 1.18 bits per heavy atom. The number of aryl methyl sites for hydroxylation is 1. The third-order valence-electron chi connectivity index (χ3n) is 2.21. The van der Waals surface area contributed by atoms with Crippen molar-refractivity contribution in [1.29, 1.82) is 0 Å². The van der Waals surface area contributed by atoms with Crippen LogP contribution in [0.4, 0.5) is 17.6 Å². The summed E-state index contributed by atoms with van der Waals surface area (Å²) in [4.78, 5) is 6.37. The minimum absolute atomic E-state index is 0.127. The van der Waals surface area contributed by atoms with Crippen molar-refractivity contribution in [2.45, 2.75) is 13.1 Å². The van der Waals surface area contributed by atoms with Crippen LogP contribution in [-0.4, -0.2) is 9.97 Å². The van der Waals surface area contributed by atoms with Gasteiger partial charge in [-0.15, -0.1) is 0 Å². The molecule has 0 radical (unpaired) electrons.